The van der Waals surface area contributed by atoms with Gasteiger partial charge in [-0.1, -0.05) is 30.4 Å². The first-order chi connectivity index (χ1) is 10.6. The average molecular weight is 366 g/mol. The Labute approximate surface area is 140 Å². The lowest BCUT2D eigenvalue weighted by Gasteiger charge is -2.22. The monoisotopic (exact) mass is 366 g/mol. The second-order valence-corrected chi connectivity index (χ2v) is 7.72. The van der Waals surface area contributed by atoms with Crippen LogP contribution >= 0.6 is 12.2 Å². The smallest absolute Gasteiger partial charge is 0.263 e. The largest absolute Gasteiger partial charge is 0.392 e. The quantitative estimate of drug-likeness (QED) is 0.537. The molecule has 0 spiro atoms. The maximum atomic E-state index is 12.7. The lowest BCUT2D eigenvalue weighted by Crippen LogP contribution is -2.40. The molecule has 2 N–H and O–H groups in total. The minimum Gasteiger partial charge on any atom is -0.392 e. The number of nitrogens with two attached hydrogens (primary N) is 1. The van der Waals surface area contributed by atoms with Gasteiger partial charge < -0.3 is 10.5 Å². The normalized spacial score (nSPS) is 12.3. The number of alkyl halides is 2. The van der Waals surface area contributed by atoms with Gasteiger partial charge in [-0.2, -0.15) is 4.31 Å². The average Bonchev–Trinajstić information content (AvgIpc) is 2.42. The molecule has 0 aliphatic rings. The highest BCUT2D eigenvalue weighted by Crippen LogP contribution is 2.21. The SMILES string of the molecule is CC(C)OCN(CC(N)=S)S(=O)(=O)Cc1cccc(C(F)F)c1. The summed E-state index contributed by atoms with van der Waals surface area (Å²) in [4.78, 5) is 0.00209. The van der Waals surface area contributed by atoms with Gasteiger partial charge in [-0.15, -0.1) is 0 Å². The van der Waals surface area contributed by atoms with Gasteiger partial charge in [0.25, 0.3) is 6.43 Å². The highest BCUT2D eigenvalue weighted by atomic mass is 32.2. The predicted molar refractivity (Wildman–Crippen MR) is 88.6 cm³/mol. The molecular weight excluding hydrogens is 346 g/mol. The first kappa shape index (κ1) is 19.9. The summed E-state index contributed by atoms with van der Waals surface area (Å²) in [5.41, 5.74) is 5.46. The number of sulfonamides is 1. The van der Waals surface area contributed by atoms with Gasteiger partial charge in [0.1, 0.15) is 6.73 Å². The summed E-state index contributed by atoms with van der Waals surface area (Å²) in [6, 6.07) is 5.29. The van der Waals surface area contributed by atoms with Crippen LogP contribution in [0.2, 0.25) is 0 Å². The summed E-state index contributed by atoms with van der Waals surface area (Å²) in [6.07, 6.45) is -2.84. The van der Waals surface area contributed by atoms with E-state index in [0.29, 0.717) is 0 Å². The predicted octanol–water partition coefficient (Wildman–Crippen LogP) is 2.42. The van der Waals surface area contributed by atoms with Crippen molar-refractivity contribution in [1.29, 1.82) is 0 Å². The summed E-state index contributed by atoms with van der Waals surface area (Å²) in [5.74, 6) is -0.433. The van der Waals surface area contributed by atoms with E-state index in [-0.39, 0.29) is 35.5 Å². The maximum Gasteiger partial charge on any atom is 0.263 e. The van der Waals surface area contributed by atoms with Crippen LogP contribution in [0.4, 0.5) is 8.78 Å². The first-order valence-corrected chi connectivity index (χ1v) is 8.88. The van der Waals surface area contributed by atoms with Crippen LogP contribution < -0.4 is 5.73 Å². The molecule has 1 aromatic carbocycles. The van der Waals surface area contributed by atoms with E-state index in [0.717, 1.165) is 4.31 Å². The lowest BCUT2D eigenvalue weighted by molar-refractivity contribution is 0.0324. The first-order valence-electron chi connectivity index (χ1n) is 6.86. The van der Waals surface area contributed by atoms with Crippen molar-refractivity contribution < 1.29 is 21.9 Å². The zero-order valence-electron chi connectivity index (χ0n) is 12.9. The molecular formula is C14H20F2N2O3S2. The topological polar surface area (TPSA) is 72.6 Å². The van der Waals surface area contributed by atoms with E-state index in [1.54, 1.807) is 13.8 Å². The third-order valence-electron chi connectivity index (χ3n) is 2.83. The number of nitrogens with zero attached hydrogens (tertiary/aromatic N) is 1. The molecule has 0 saturated carbocycles. The van der Waals surface area contributed by atoms with E-state index in [9.17, 15) is 17.2 Å². The number of hydrogen-bond acceptors (Lipinski definition) is 4. The van der Waals surface area contributed by atoms with Crippen LogP contribution in [0.5, 0.6) is 0 Å². The molecule has 1 rings (SSSR count). The van der Waals surface area contributed by atoms with Gasteiger partial charge in [0.15, 0.2) is 0 Å². The summed E-state index contributed by atoms with van der Waals surface area (Å²) in [7, 11) is -3.81. The molecule has 0 radical (unpaired) electrons. The fourth-order valence-electron chi connectivity index (χ4n) is 1.75. The van der Waals surface area contributed by atoms with E-state index < -0.39 is 22.2 Å². The van der Waals surface area contributed by atoms with Gasteiger partial charge in [0.2, 0.25) is 10.0 Å². The third kappa shape index (κ3) is 6.86. The number of thiocarbonyl (C=S) groups is 1. The summed E-state index contributed by atoms with van der Waals surface area (Å²) in [6.45, 7) is 3.15. The molecule has 0 saturated heterocycles. The minimum atomic E-state index is -3.81. The van der Waals surface area contributed by atoms with Gasteiger partial charge >= 0.3 is 0 Å². The van der Waals surface area contributed by atoms with Gasteiger partial charge in [-0.25, -0.2) is 17.2 Å². The van der Waals surface area contributed by atoms with Gasteiger partial charge in [0.05, 0.1) is 23.4 Å². The van der Waals surface area contributed by atoms with Crippen molar-refractivity contribution in [2.24, 2.45) is 5.73 Å². The summed E-state index contributed by atoms with van der Waals surface area (Å²) < 4.78 is 56.7. The van der Waals surface area contributed by atoms with Crippen molar-refractivity contribution in [2.75, 3.05) is 13.3 Å². The molecule has 0 aliphatic carbocycles. The molecule has 0 aromatic heterocycles. The molecule has 0 bridgehead atoms. The van der Waals surface area contributed by atoms with Crippen LogP contribution in [0.25, 0.3) is 0 Å². The van der Waals surface area contributed by atoms with Crippen LogP contribution in [0.3, 0.4) is 0 Å². The molecule has 1 aromatic rings. The molecule has 0 fully saturated rings. The molecule has 0 heterocycles. The van der Waals surface area contributed by atoms with Crippen molar-refractivity contribution in [2.45, 2.75) is 32.1 Å². The molecule has 130 valence electrons. The van der Waals surface area contributed by atoms with Crippen LogP contribution in [0.1, 0.15) is 31.4 Å². The Balaban J connectivity index is 2.95. The number of ether oxygens (including phenoxy) is 1. The van der Waals surface area contributed by atoms with Crippen molar-refractivity contribution >= 4 is 27.2 Å². The number of benzene rings is 1. The Bertz CT molecular complexity index is 637. The molecule has 9 heteroatoms. The van der Waals surface area contributed by atoms with Crippen LogP contribution in [-0.2, 0) is 20.5 Å². The van der Waals surface area contributed by atoms with E-state index in [4.69, 9.17) is 22.7 Å². The fraction of sp³-hybridized carbons (Fsp3) is 0.500. The fourth-order valence-corrected chi connectivity index (χ4v) is 3.33. The van der Waals surface area contributed by atoms with Crippen molar-refractivity contribution in [3.05, 3.63) is 35.4 Å². The molecule has 5 nitrogen and oxygen atoms in total. The van der Waals surface area contributed by atoms with E-state index in [1.165, 1.54) is 24.3 Å². The second kappa shape index (κ2) is 8.62. The van der Waals surface area contributed by atoms with Crippen LogP contribution in [-0.4, -0.2) is 37.1 Å². The van der Waals surface area contributed by atoms with Gasteiger partial charge in [-0.3, -0.25) is 0 Å². The van der Waals surface area contributed by atoms with Crippen molar-refractivity contribution in [3.8, 4) is 0 Å². The third-order valence-corrected chi connectivity index (χ3v) is 4.68. The maximum absolute atomic E-state index is 12.7. The standard InChI is InChI=1S/C14H20F2N2O3S2/c1-10(2)21-9-18(7-13(17)22)23(19,20)8-11-4-3-5-12(6-11)14(15)16/h3-6,10,14H,7-9H2,1-2H3,(H2,17,22). The molecule has 0 unspecified atom stereocenters. The molecule has 0 amide bonds. The number of rotatable bonds is 9. The number of hydrogen-bond donors (Lipinski definition) is 1. The lowest BCUT2D eigenvalue weighted by atomic mass is 10.1. The van der Waals surface area contributed by atoms with Crippen molar-refractivity contribution in [3.63, 3.8) is 0 Å². The highest BCUT2D eigenvalue weighted by Gasteiger charge is 2.24. The van der Waals surface area contributed by atoms with Crippen LogP contribution in [0, 0.1) is 0 Å². The highest BCUT2D eigenvalue weighted by molar-refractivity contribution is 7.88. The molecule has 0 atom stereocenters. The van der Waals surface area contributed by atoms with Gasteiger partial charge in [0, 0.05) is 5.56 Å². The molecule has 23 heavy (non-hydrogen) atoms. The summed E-state index contributed by atoms with van der Waals surface area (Å²) in [5, 5.41) is 0. The Morgan fingerprint density at radius 3 is 2.57 bits per heavy atom. The van der Waals surface area contributed by atoms with E-state index >= 15 is 0 Å². The zero-order chi connectivity index (χ0) is 17.6. The Morgan fingerprint density at radius 1 is 1.39 bits per heavy atom. The van der Waals surface area contributed by atoms with Crippen molar-refractivity contribution in [1.82, 2.24) is 4.31 Å². The van der Waals surface area contributed by atoms with Crippen LogP contribution in [0.15, 0.2) is 24.3 Å². The Hall–Kier alpha value is -1.16. The van der Waals surface area contributed by atoms with E-state index in [2.05, 4.69) is 0 Å². The Kier molecular flexibility index (Phi) is 7.46. The van der Waals surface area contributed by atoms with Gasteiger partial charge in [-0.05, 0) is 25.5 Å². The summed E-state index contributed by atoms with van der Waals surface area (Å²) >= 11 is 4.76. The minimum absolute atomic E-state index is 0.00209. The number of halogens is 2. The molecule has 0 aliphatic heterocycles. The zero-order valence-corrected chi connectivity index (χ0v) is 14.5. The second-order valence-electron chi connectivity index (χ2n) is 5.22. The van der Waals surface area contributed by atoms with E-state index in [1.807, 2.05) is 0 Å². The Morgan fingerprint density at radius 2 is 2.04 bits per heavy atom.